The van der Waals surface area contributed by atoms with E-state index in [1.54, 1.807) is 13.8 Å². The molecule has 0 aliphatic carbocycles. The van der Waals surface area contributed by atoms with E-state index in [2.05, 4.69) is 6.58 Å². The maximum Gasteiger partial charge on any atom is 0.309 e. The first-order valence-corrected chi connectivity index (χ1v) is 3.69. The van der Waals surface area contributed by atoms with E-state index < -0.39 is 11.4 Å². The van der Waals surface area contributed by atoms with Gasteiger partial charge in [0, 0.05) is 0 Å². The van der Waals surface area contributed by atoms with Gasteiger partial charge in [-0.2, -0.15) is 0 Å². The van der Waals surface area contributed by atoms with Gasteiger partial charge in [0.2, 0.25) is 0 Å². The third kappa shape index (κ3) is 2.07. The summed E-state index contributed by atoms with van der Waals surface area (Å²) in [6.07, 6.45) is 0. The lowest BCUT2D eigenvalue weighted by atomic mass is 9.77. The summed E-state index contributed by atoms with van der Waals surface area (Å²) >= 11 is 0. The molecule has 11 heavy (non-hydrogen) atoms. The minimum absolute atomic E-state index is 0.0139. The second kappa shape index (κ2) is 3.07. The molecular weight excluding hydrogens is 140 g/mol. The second-order valence-electron chi connectivity index (χ2n) is 3.59. The largest absolute Gasteiger partial charge is 0.481 e. The van der Waals surface area contributed by atoms with E-state index in [0.717, 1.165) is 5.57 Å². The molecular formula is C9H16O2. The molecule has 2 heteroatoms. The summed E-state index contributed by atoms with van der Waals surface area (Å²) < 4.78 is 0. The molecule has 0 saturated carbocycles. The number of rotatable bonds is 3. The van der Waals surface area contributed by atoms with Gasteiger partial charge in [0.1, 0.15) is 0 Å². The zero-order valence-electron chi connectivity index (χ0n) is 7.64. The first-order valence-electron chi connectivity index (χ1n) is 3.69. The molecule has 0 aliphatic rings. The van der Waals surface area contributed by atoms with E-state index in [-0.39, 0.29) is 5.92 Å². The normalized spacial score (nSPS) is 14.2. The summed E-state index contributed by atoms with van der Waals surface area (Å²) in [6.45, 7) is 10.9. The number of aliphatic carboxylic acids is 1. The summed E-state index contributed by atoms with van der Waals surface area (Å²) in [6, 6.07) is 0. The van der Waals surface area contributed by atoms with Crippen LogP contribution in [0.2, 0.25) is 0 Å². The van der Waals surface area contributed by atoms with Crippen LogP contribution in [0.5, 0.6) is 0 Å². The highest BCUT2D eigenvalue weighted by molar-refractivity contribution is 5.74. The van der Waals surface area contributed by atoms with Gasteiger partial charge in [0.25, 0.3) is 0 Å². The van der Waals surface area contributed by atoms with Crippen LogP contribution in [-0.2, 0) is 4.79 Å². The van der Waals surface area contributed by atoms with Crippen molar-refractivity contribution in [2.45, 2.75) is 27.7 Å². The van der Waals surface area contributed by atoms with Crippen LogP contribution in [0.25, 0.3) is 0 Å². The Morgan fingerprint density at radius 3 is 2.00 bits per heavy atom. The lowest BCUT2D eigenvalue weighted by Crippen LogP contribution is -2.31. The first-order chi connectivity index (χ1) is 4.80. The van der Waals surface area contributed by atoms with Gasteiger partial charge < -0.3 is 5.11 Å². The van der Waals surface area contributed by atoms with E-state index in [4.69, 9.17) is 5.11 Å². The Morgan fingerprint density at radius 1 is 1.55 bits per heavy atom. The van der Waals surface area contributed by atoms with Crippen molar-refractivity contribution in [3.63, 3.8) is 0 Å². The summed E-state index contributed by atoms with van der Waals surface area (Å²) in [7, 11) is 0. The van der Waals surface area contributed by atoms with E-state index in [0.29, 0.717) is 0 Å². The SMILES string of the molecule is C=C(C)C(C)C(C)(C)C(=O)O. The molecule has 0 radical (unpaired) electrons. The minimum Gasteiger partial charge on any atom is -0.481 e. The number of allylic oxidation sites excluding steroid dienone is 1. The highest BCUT2D eigenvalue weighted by Crippen LogP contribution is 2.31. The molecule has 1 unspecified atom stereocenters. The fourth-order valence-electron chi connectivity index (χ4n) is 0.801. The molecule has 0 aromatic heterocycles. The fraction of sp³-hybridized carbons (Fsp3) is 0.667. The third-order valence-electron chi connectivity index (χ3n) is 2.37. The van der Waals surface area contributed by atoms with Crippen LogP contribution in [0.4, 0.5) is 0 Å². The van der Waals surface area contributed by atoms with Crippen LogP contribution >= 0.6 is 0 Å². The Kier molecular flexibility index (Phi) is 2.85. The predicted octanol–water partition coefficient (Wildman–Crippen LogP) is 2.31. The van der Waals surface area contributed by atoms with Crippen molar-refractivity contribution >= 4 is 5.97 Å². The molecule has 0 rings (SSSR count). The Bertz CT molecular complexity index is 180. The van der Waals surface area contributed by atoms with Gasteiger partial charge in [0.05, 0.1) is 5.41 Å². The highest BCUT2D eigenvalue weighted by Gasteiger charge is 2.33. The molecule has 0 amide bonds. The lowest BCUT2D eigenvalue weighted by molar-refractivity contribution is -0.148. The van der Waals surface area contributed by atoms with Gasteiger partial charge in [0.15, 0.2) is 0 Å². The Balaban J connectivity index is 4.55. The van der Waals surface area contributed by atoms with Crippen LogP contribution in [0.15, 0.2) is 12.2 Å². The highest BCUT2D eigenvalue weighted by atomic mass is 16.4. The van der Waals surface area contributed by atoms with E-state index >= 15 is 0 Å². The smallest absolute Gasteiger partial charge is 0.309 e. The van der Waals surface area contributed by atoms with Crippen molar-refractivity contribution in [1.29, 1.82) is 0 Å². The number of carboxylic acids is 1. The van der Waals surface area contributed by atoms with Crippen LogP contribution < -0.4 is 0 Å². The second-order valence-corrected chi connectivity index (χ2v) is 3.59. The van der Waals surface area contributed by atoms with Crippen LogP contribution in [0.1, 0.15) is 27.7 Å². The van der Waals surface area contributed by atoms with E-state index in [9.17, 15) is 4.79 Å². The summed E-state index contributed by atoms with van der Waals surface area (Å²) in [5.74, 6) is -0.756. The number of carboxylic acid groups (broad SMARTS) is 1. The molecule has 0 saturated heterocycles. The summed E-state index contributed by atoms with van der Waals surface area (Å²) in [4.78, 5) is 10.7. The summed E-state index contributed by atoms with van der Waals surface area (Å²) in [5.41, 5.74) is 0.212. The van der Waals surface area contributed by atoms with Gasteiger partial charge in [-0.25, -0.2) is 0 Å². The monoisotopic (exact) mass is 156 g/mol. The molecule has 1 atom stereocenters. The standard InChI is InChI=1S/C9H16O2/c1-6(2)7(3)9(4,5)8(10)11/h7H,1H2,2-5H3,(H,10,11). The van der Waals surface area contributed by atoms with Crippen LogP contribution in [-0.4, -0.2) is 11.1 Å². The molecule has 64 valence electrons. The van der Waals surface area contributed by atoms with Gasteiger partial charge >= 0.3 is 5.97 Å². The molecule has 0 bridgehead atoms. The van der Waals surface area contributed by atoms with Crippen molar-refractivity contribution in [2.24, 2.45) is 11.3 Å². The quantitative estimate of drug-likeness (QED) is 0.636. The zero-order chi connectivity index (χ0) is 9.23. The lowest BCUT2D eigenvalue weighted by Gasteiger charge is -2.27. The number of hydrogen-bond donors (Lipinski definition) is 1. The van der Waals surface area contributed by atoms with Gasteiger partial charge in [-0.15, -0.1) is 0 Å². The third-order valence-corrected chi connectivity index (χ3v) is 2.37. The van der Waals surface area contributed by atoms with Crippen molar-refractivity contribution in [3.05, 3.63) is 12.2 Å². The first kappa shape index (κ1) is 10.2. The van der Waals surface area contributed by atoms with E-state index in [1.165, 1.54) is 0 Å². The average Bonchev–Trinajstić information content (AvgIpc) is 1.85. The summed E-state index contributed by atoms with van der Waals surface area (Å²) in [5, 5.41) is 8.82. The van der Waals surface area contributed by atoms with E-state index in [1.807, 2.05) is 13.8 Å². The molecule has 2 nitrogen and oxygen atoms in total. The molecule has 0 aromatic rings. The van der Waals surface area contributed by atoms with Gasteiger partial charge in [-0.3, -0.25) is 4.79 Å². The Hall–Kier alpha value is -0.790. The topological polar surface area (TPSA) is 37.3 Å². The van der Waals surface area contributed by atoms with Crippen molar-refractivity contribution in [2.75, 3.05) is 0 Å². The fourth-order valence-corrected chi connectivity index (χ4v) is 0.801. The average molecular weight is 156 g/mol. The van der Waals surface area contributed by atoms with Crippen LogP contribution in [0.3, 0.4) is 0 Å². The Morgan fingerprint density at radius 2 is 1.91 bits per heavy atom. The molecule has 0 spiro atoms. The molecule has 0 aliphatic heterocycles. The minimum atomic E-state index is -0.770. The molecule has 0 fully saturated rings. The van der Waals surface area contributed by atoms with Gasteiger partial charge in [-0.05, 0) is 26.7 Å². The molecule has 0 heterocycles. The molecule has 1 N–H and O–H groups in total. The maximum absolute atomic E-state index is 10.7. The number of carbonyl (C=O) groups is 1. The van der Waals surface area contributed by atoms with Crippen molar-refractivity contribution in [3.8, 4) is 0 Å². The van der Waals surface area contributed by atoms with Crippen molar-refractivity contribution in [1.82, 2.24) is 0 Å². The van der Waals surface area contributed by atoms with Crippen molar-refractivity contribution < 1.29 is 9.90 Å². The van der Waals surface area contributed by atoms with Gasteiger partial charge in [-0.1, -0.05) is 19.1 Å². The zero-order valence-corrected chi connectivity index (χ0v) is 7.64. The number of hydrogen-bond acceptors (Lipinski definition) is 1. The molecule has 0 aromatic carbocycles. The Labute approximate surface area is 67.9 Å². The predicted molar refractivity (Wildman–Crippen MR) is 45.4 cm³/mol. The van der Waals surface area contributed by atoms with Crippen LogP contribution in [0, 0.1) is 11.3 Å². The maximum atomic E-state index is 10.7.